The van der Waals surface area contributed by atoms with Crippen molar-refractivity contribution in [1.29, 1.82) is 0 Å². The molecule has 16 heavy (non-hydrogen) atoms. The minimum absolute atomic E-state index is 0.467. The highest BCUT2D eigenvalue weighted by Gasteiger charge is 2.46. The van der Waals surface area contributed by atoms with Crippen LogP contribution in [-0.2, 0) is 19.0 Å². The highest BCUT2D eigenvalue weighted by Crippen LogP contribution is 2.23. The van der Waals surface area contributed by atoms with E-state index in [1.165, 1.54) is 7.11 Å². The van der Waals surface area contributed by atoms with Gasteiger partial charge in [0.25, 0.3) is 0 Å². The average Bonchev–Trinajstić information content (AvgIpc) is 2.24. The zero-order valence-corrected chi connectivity index (χ0v) is 9.07. The normalized spacial score (nSPS) is 39.4. The van der Waals surface area contributed by atoms with Gasteiger partial charge in [-0.15, -0.1) is 0 Å². The van der Waals surface area contributed by atoms with E-state index in [-0.39, 0.29) is 0 Å². The van der Waals surface area contributed by atoms with E-state index in [1.54, 1.807) is 0 Å². The van der Waals surface area contributed by atoms with E-state index < -0.39 is 43.3 Å². The van der Waals surface area contributed by atoms with Crippen LogP contribution in [0.25, 0.3) is 0 Å². The lowest BCUT2D eigenvalue weighted by atomic mass is 9.99. The number of methoxy groups -OCH3 is 1. The van der Waals surface area contributed by atoms with Crippen LogP contribution in [0.4, 0.5) is 0 Å². The van der Waals surface area contributed by atoms with Crippen molar-refractivity contribution in [2.45, 2.75) is 37.6 Å². The van der Waals surface area contributed by atoms with Gasteiger partial charge in [0.15, 0.2) is 12.4 Å². The summed E-state index contributed by atoms with van der Waals surface area (Å²) in [6, 6.07) is 0. The first-order valence-corrected chi connectivity index (χ1v) is 4.83. The molecule has 5 atom stereocenters. The summed E-state index contributed by atoms with van der Waals surface area (Å²) in [7, 11) is 1.30. The Labute approximate surface area is 92.5 Å². The van der Waals surface area contributed by atoms with Gasteiger partial charge in [-0.3, -0.25) is 4.79 Å². The molecule has 0 aliphatic carbocycles. The van der Waals surface area contributed by atoms with Crippen LogP contribution in [0.2, 0.25) is 0 Å². The number of rotatable bonds is 3. The Balaban J connectivity index is 2.79. The Morgan fingerprint density at radius 2 is 2.00 bits per heavy atom. The summed E-state index contributed by atoms with van der Waals surface area (Å²) in [5, 5.41) is 28.3. The molecule has 0 aromatic heterocycles. The third-order valence-corrected chi connectivity index (χ3v) is 2.36. The second kappa shape index (κ2) is 5.55. The second-order valence-electron chi connectivity index (χ2n) is 3.52. The second-order valence-corrected chi connectivity index (χ2v) is 3.52. The van der Waals surface area contributed by atoms with Gasteiger partial charge in [-0.1, -0.05) is 0 Å². The Morgan fingerprint density at radius 3 is 2.44 bits per heavy atom. The summed E-state index contributed by atoms with van der Waals surface area (Å²) in [6.45, 7) is 0.691. The van der Waals surface area contributed by atoms with Gasteiger partial charge in [0.2, 0.25) is 0 Å². The molecular weight excluding hydrogens is 220 g/mol. The van der Waals surface area contributed by atoms with Crippen LogP contribution in [0.15, 0.2) is 0 Å². The molecule has 0 aromatic carbocycles. The van der Waals surface area contributed by atoms with Crippen LogP contribution < -0.4 is 0 Å². The lowest BCUT2D eigenvalue weighted by Crippen LogP contribution is -2.60. The molecule has 0 bridgehead atoms. The monoisotopic (exact) mass is 236 g/mol. The molecule has 0 aromatic rings. The maximum absolute atomic E-state index is 10.8. The predicted molar refractivity (Wildman–Crippen MR) is 50.3 cm³/mol. The minimum Gasteiger partial charge on any atom is -0.457 e. The van der Waals surface area contributed by atoms with Crippen LogP contribution in [0.5, 0.6) is 0 Å². The first-order valence-electron chi connectivity index (χ1n) is 4.83. The highest BCUT2D eigenvalue weighted by molar-refractivity contribution is 5.66. The summed E-state index contributed by atoms with van der Waals surface area (Å²) in [5.41, 5.74) is 0. The van der Waals surface area contributed by atoms with E-state index in [1.807, 2.05) is 0 Å². The van der Waals surface area contributed by atoms with Gasteiger partial charge >= 0.3 is 5.97 Å². The lowest BCUT2D eigenvalue weighted by Gasteiger charge is -2.40. The number of hydrogen-bond donors (Lipinski definition) is 3. The van der Waals surface area contributed by atoms with E-state index >= 15 is 0 Å². The van der Waals surface area contributed by atoms with Gasteiger partial charge in [0.05, 0.1) is 6.61 Å². The highest BCUT2D eigenvalue weighted by atomic mass is 16.7. The average molecular weight is 236 g/mol. The Morgan fingerprint density at radius 1 is 1.38 bits per heavy atom. The third-order valence-electron chi connectivity index (χ3n) is 2.36. The molecule has 3 N–H and O–H groups in total. The number of aliphatic hydroxyl groups excluding tert-OH is 3. The summed E-state index contributed by atoms with van der Waals surface area (Å²) >= 11 is 0. The molecule has 1 heterocycles. The molecule has 1 saturated heterocycles. The van der Waals surface area contributed by atoms with Gasteiger partial charge < -0.3 is 29.5 Å². The minimum atomic E-state index is -1.30. The number of carbonyl (C=O) groups excluding carboxylic acids is 1. The van der Waals surface area contributed by atoms with Crippen LogP contribution in [0.3, 0.4) is 0 Å². The fourth-order valence-electron chi connectivity index (χ4n) is 1.58. The molecule has 0 saturated carbocycles. The SMILES string of the molecule is CO[C@H]1O[C@H](CO)[C@@H](O)[C@H](OC(C)=O)[C@H]1O. The van der Waals surface area contributed by atoms with E-state index in [0.717, 1.165) is 6.92 Å². The van der Waals surface area contributed by atoms with Gasteiger partial charge in [-0.2, -0.15) is 0 Å². The molecular formula is C9H16O7. The zero-order valence-electron chi connectivity index (χ0n) is 9.07. The molecule has 0 unspecified atom stereocenters. The van der Waals surface area contributed by atoms with Gasteiger partial charge in [0, 0.05) is 14.0 Å². The standard InChI is InChI=1S/C9H16O7/c1-4(11)15-8-6(12)5(3-10)16-9(14-2)7(8)13/h5-10,12-13H,3H2,1-2H3/t5-,6-,7-,8+,9+/m1/s1. The first-order chi connectivity index (χ1) is 7.51. The maximum atomic E-state index is 10.8. The topological polar surface area (TPSA) is 105 Å². The molecule has 1 fully saturated rings. The largest absolute Gasteiger partial charge is 0.457 e. The van der Waals surface area contributed by atoms with Crippen LogP contribution in [0, 0.1) is 0 Å². The van der Waals surface area contributed by atoms with E-state index in [4.69, 9.17) is 19.3 Å². The molecule has 1 aliphatic heterocycles. The Hall–Kier alpha value is -0.730. The zero-order chi connectivity index (χ0) is 12.3. The Kier molecular flexibility index (Phi) is 4.63. The molecule has 0 spiro atoms. The van der Waals surface area contributed by atoms with Crippen LogP contribution in [-0.4, -0.2) is 65.7 Å². The molecule has 0 amide bonds. The van der Waals surface area contributed by atoms with Crippen molar-refractivity contribution in [3.8, 4) is 0 Å². The van der Waals surface area contributed by atoms with Crippen molar-refractivity contribution in [3.63, 3.8) is 0 Å². The summed E-state index contributed by atoms with van der Waals surface area (Å²) < 4.78 is 14.6. The van der Waals surface area contributed by atoms with Crippen molar-refractivity contribution in [2.24, 2.45) is 0 Å². The summed E-state index contributed by atoms with van der Waals surface area (Å²) in [4.78, 5) is 10.8. The van der Waals surface area contributed by atoms with Crippen LogP contribution >= 0.6 is 0 Å². The van der Waals surface area contributed by atoms with Crippen molar-refractivity contribution < 1.29 is 34.3 Å². The molecule has 7 nitrogen and oxygen atoms in total. The quantitative estimate of drug-likeness (QED) is 0.487. The number of carbonyl (C=O) groups is 1. The van der Waals surface area contributed by atoms with E-state index in [2.05, 4.69) is 0 Å². The van der Waals surface area contributed by atoms with Crippen LogP contribution in [0.1, 0.15) is 6.92 Å². The van der Waals surface area contributed by atoms with Crippen molar-refractivity contribution >= 4 is 5.97 Å². The smallest absolute Gasteiger partial charge is 0.303 e. The van der Waals surface area contributed by atoms with Crippen molar-refractivity contribution in [2.75, 3.05) is 13.7 Å². The molecule has 1 aliphatic rings. The predicted octanol–water partition coefficient (Wildman–Crippen LogP) is -2.00. The lowest BCUT2D eigenvalue weighted by molar-refractivity contribution is -0.296. The number of ether oxygens (including phenoxy) is 3. The van der Waals surface area contributed by atoms with E-state index in [9.17, 15) is 15.0 Å². The van der Waals surface area contributed by atoms with Crippen molar-refractivity contribution in [1.82, 2.24) is 0 Å². The number of hydrogen-bond acceptors (Lipinski definition) is 7. The fraction of sp³-hybridized carbons (Fsp3) is 0.889. The van der Waals surface area contributed by atoms with E-state index in [0.29, 0.717) is 0 Å². The number of aliphatic hydroxyl groups is 3. The van der Waals surface area contributed by atoms with Crippen molar-refractivity contribution in [3.05, 3.63) is 0 Å². The first kappa shape index (κ1) is 13.3. The maximum Gasteiger partial charge on any atom is 0.303 e. The molecule has 1 rings (SSSR count). The molecule has 94 valence electrons. The van der Waals surface area contributed by atoms with Gasteiger partial charge in [-0.05, 0) is 0 Å². The fourth-order valence-corrected chi connectivity index (χ4v) is 1.58. The van der Waals surface area contributed by atoms with Gasteiger partial charge in [0.1, 0.15) is 18.3 Å². The molecule has 7 heteroatoms. The number of esters is 1. The molecule has 0 radical (unpaired) electrons. The Bertz CT molecular complexity index is 228. The summed E-state index contributed by atoms with van der Waals surface area (Å²) in [6.07, 6.45) is -5.78. The summed E-state index contributed by atoms with van der Waals surface area (Å²) in [5.74, 6) is -0.642. The van der Waals surface area contributed by atoms with Gasteiger partial charge in [-0.25, -0.2) is 0 Å². The third kappa shape index (κ3) is 2.69.